The number of unbranched alkanes of at least 4 members (excludes halogenated alkanes) is 1. The van der Waals surface area contributed by atoms with Gasteiger partial charge in [-0.05, 0) is 66.5 Å². The molecular formula is C20H30N2O4. The highest BCUT2D eigenvalue weighted by atomic mass is 16.3. The van der Waals surface area contributed by atoms with Gasteiger partial charge < -0.3 is 10.4 Å². The van der Waals surface area contributed by atoms with Crippen LogP contribution in [0.2, 0.25) is 0 Å². The number of allylic oxidation sites excluding steroid dienone is 4. The molecule has 0 aromatic carbocycles. The quantitative estimate of drug-likeness (QED) is 0.373. The number of carbonyl (C=O) groups excluding carboxylic acids is 3. The first kappa shape index (κ1) is 22.1. The molecule has 0 saturated heterocycles. The van der Waals surface area contributed by atoms with Gasteiger partial charge in [-0.1, -0.05) is 6.92 Å². The Morgan fingerprint density at radius 2 is 1.77 bits per heavy atom. The van der Waals surface area contributed by atoms with E-state index >= 15 is 0 Å². The maximum Gasteiger partial charge on any atom is 0.276 e. The lowest BCUT2D eigenvalue weighted by Crippen LogP contribution is -2.34. The molecule has 0 spiro atoms. The number of hydrogen-bond donors (Lipinski definition) is 2. The van der Waals surface area contributed by atoms with Crippen molar-refractivity contribution in [1.82, 2.24) is 5.32 Å². The summed E-state index contributed by atoms with van der Waals surface area (Å²) in [5.41, 5.74) is -0.00518. The van der Waals surface area contributed by atoms with Crippen LogP contribution in [0.1, 0.15) is 60.3 Å². The van der Waals surface area contributed by atoms with Gasteiger partial charge in [0.1, 0.15) is 5.60 Å². The van der Waals surface area contributed by atoms with E-state index in [0.29, 0.717) is 28.7 Å². The smallest absolute Gasteiger partial charge is 0.276 e. The van der Waals surface area contributed by atoms with Crippen molar-refractivity contribution in [2.75, 3.05) is 13.1 Å². The van der Waals surface area contributed by atoms with E-state index in [1.807, 2.05) is 6.92 Å². The van der Waals surface area contributed by atoms with Crippen molar-refractivity contribution in [1.29, 1.82) is 0 Å². The van der Waals surface area contributed by atoms with Crippen molar-refractivity contribution in [3.05, 3.63) is 22.3 Å². The van der Waals surface area contributed by atoms with Crippen molar-refractivity contribution < 1.29 is 19.5 Å². The van der Waals surface area contributed by atoms with E-state index in [2.05, 4.69) is 10.3 Å². The summed E-state index contributed by atoms with van der Waals surface area (Å²) in [5, 5.41) is 13.6. The second-order valence-electron chi connectivity index (χ2n) is 6.90. The summed E-state index contributed by atoms with van der Waals surface area (Å²) < 4.78 is 0. The molecule has 26 heavy (non-hydrogen) atoms. The van der Waals surface area contributed by atoms with Crippen LogP contribution in [0, 0.1) is 0 Å². The third-order valence-corrected chi connectivity index (χ3v) is 4.78. The number of ketones is 2. The van der Waals surface area contributed by atoms with Crippen LogP contribution in [0.5, 0.6) is 0 Å². The monoisotopic (exact) mass is 362 g/mol. The maximum absolute atomic E-state index is 12.4. The number of hydrogen-bond acceptors (Lipinski definition) is 5. The van der Waals surface area contributed by atoms with Crippen LogP contribution >= 0.6 is 0 Å². The molecule has 0 fully saturated rings. The molecule has 0 radical (unpaired) electrons. The number of carbonyl (C=O) groups is 3. The molecule has 1 atom stereocenters. The topological polar surface area (TPSA) is 95.8 Å². The average Bonchev–Trinajstić information content (AvgIpc) is 2.60. The first-order chi connectivity index (χ1) is 12.1. The Hall–Kier alpha value is -1.92. The molecule has 6 heteroatoms. The van der Waals surface area contributed by atoms with Crippen LogP contribution in [-0.2, 0) is 14.4 Å². The number of nitrogens with zero attached hydrogens (tertiary/aromatic N) is 1. The molecule has 0 unspecified atom stereocenters. The highest BCUT2D eigenvalue weighted by molar-refractivity contribution is 6.24. The molecule has 144 valence electrons. The van der Waals surface area contributed by atoms with Crippen LogP contribution in [-0.4, -0.2) is 47.5 Å². The van der Waals surface area contributed by atoms with Crippen LogP contribution in [0.25, 0.3) is 0 Å². The number of rotatable bonds is 9. The van der Waals surface area contributed by atoms with E-state index in [9.17, 15) is 19.5 Å². The van der Waals surface area contributed by atoms with Gasteiger partial charge >= 0.3 is 0 Å². The van der Waals surface area contributed by atoms with Gasteiger partial charge in [-0.2, -0.15) is 0 Å². The molecule has 0 saturated carbocycles. The third kappa shape index (κ3) is 5.54. The van der Waals surface area contributed by atoms with Crippen LogP contribution in [0.15, 0.2) is 27.3 Å². The second-order valence-corrected chi connectivity index (χ2v) is 6.90. The van der Waals surface area contributed by atoms with E-state index in [0.717, 1.165) is 19.5 Å². The van der Waals surface area contributed by atoms with Gasteiger partial charge in [-0.25, -0.2) is 4.99 Å². The Kier molecular flexibility index (Phi) is 8.24. The summed E-state index contributed by atoms with van der Waals surface area (Å²) >= 11 is 0. The van der Waals surface area contributed by atoms with Crippen molar-refractivity contribution in [2.24, 2.45) is 4.99 Å². The molecule has 2 N–H and O–H groups in total. The van der Waals surface area contributed by atoms with Crippen molar-refractivity contribution >= 4 is 23.7 Å². The normalized spacial score (nSPS) is 18.1. The Morgan fingerprint density at radius 1 is 1.15 bits per heavy atom. The molecule has 0 aliphatic heterocycles. The van der Waals surface area contributed by atoms with Gasteiger partial charge in [-0.3, -0.25) is 14.4 Å². The van der Waals surface area contributed by atoms with Gasteiger partial charge in [-0.15, -0.1) is 0 Å². The fraction of sp³-hybridized carbons (Fsp3) is 0.600. The first-order valence-electron chi connectivity index (χ1n) is 9.10. The summed E-state index contributed by atoms with van der Waals surface area (Å²) in [4.78, 5) is 40.5. The zero-order valence-corrected chi connectivity index (χ0v) is 16.4. The minimum atomic E-state index is -1.67. The maximum atomic E-state index is 12.4. The zero-order valence-electron chi connectivity index (χ0n) is 16.4. The van der Waals surface area contributed by atoms with E-state index < -0.39 is 11.5 Å². The molecule has 1 aliphatic rings. The Labute approximate surface area is 155 Å². The number of aliphatic hydroxyl groups is 1. The number of aliphatic imine (C=N–C) groups is 1. The molecule has 0 aromatic rings. The lowest BCUT2D eigenvalue weighted by atomic mass is 9.82. The molecule has 1 rings (SSSR count). The first-order valence-corrected chi connectivity index (χ1v) is 9.10. The Bertz CT molecular complexity index is 669. The zero-order chi connectivity index (χ0) is 19.9. The minimum Gasteiger partial charge on any atom is -0.380 e. The Balaban J connectivity index is 2.67. The van der Waals surface area contributed by atoms with Crippen molar-refractivity contribution in [3.63, 3.8) is 0 Å². The number of nitrogens with one attached hydrogen (secondary N) is 1. The van der Waals surface area contributed by atoms with Crippen molar-refractivity contribution in [2.45, 2.75) is 65.9 Å². The minimum absolute atomic E-state index is 0.0403. The SMILES string of the molecule is CCNCCC/C=N\C(=O)[C@@](C)(O)CCC1=C(C)C(=O)C(C)=C(C)C1=O. The van der Waals surface area contributed by atoms with Gasteiger partial charge in [0.2, 0.25) is 0 Å². The Morgan fingerprint density at radius 3 is 2.38 bits per heavy atom. The summed E-state index contributed by atoms with van der Waals surface area (Å²) in [5.74, 6) is -0.964. The molecule has 1 aliphatic carbocycles. The van der Waals surface area contributed by atoms with E-state index in [4.69, 9.17) is 0 Å². The summed E-state index contributed by atoms with van der Waals surface area (Å²) in [6.45, 7) is 10.0. The second kappa shape index (κ2) is 9.69. The highest BCUT2D eigenvalue weighted by Gasteiger charge is 2.33. The lowest BCUT2D eigenvalue weighted by molar-refractivity contribution is -0.134. The van der Waals surface area contributed by atoms with Crippen molar-refractivity contribution in [3.8, 4) is 0 Å². The molecule has 0 heterocycles. The largest absolute Gasteiger partial charge is 0.380 e. The van der Waals surface area contributed by atoms with E-state index in [1.54, 1.807) is 20.8 Å². The summed E-state index contributed by atoms with van der Waals surface area (Å²) in [7, 11) is 0. The van der Waals surface area contributed by atoms with Gasteiger partial charge in [0.05, 0.1) is 0 Å². The third-order valence-electron chi connectivity index (χ3n) is 4.78. The van der Waals surface area contributed by atoms with Crippen LogP contribution in [0.3, 0.4) is 0 Å². The molecule has 0 aromatic heterocycles. The predicted octanol–water partition coefficient (Wildman–Crippen LogP) is 2.31. The number of amides is 1. The predicted molar refractivity (Wildman–Crippen MR) is 102 cm³/mol. The van der Waals surface area contributed by atoms with E-state index in [-0.39, 0.29) is 24.4 Å². The molecular weight excluding hydrogens is 332 g/mol. The standard InChI is InChI=1S/C20H30N2O4/c1-6-21-11-7-8-12-22-19(25)20(5,26)10-9-16-15(4)17(23)13(2)14(3)18(16)24/h12,21,26H,6-11H2,1-5H3/b22-12-/t20-/m0/s1. The van der Waals surface area contributed by atoms with Crippen LogP contribution < -0.4 is 5.32 Å². The fourth-order valence-corrected chi connectivity index (χ4v) is 2.71. The van der Waals surface area contributed by atoms with Crippen LogP contribution in [0.4, 0.5) is 0 Å². The molecule has 1 amide bonds. The number of Topliss-reactive ketones (excluding diaryl/α,β-unsaturated/α-hetero) is 2. The molecule has 6 nitrogen and oxygen atoms in total. The lowest BCUT2D eigenvalue weighted by Gasteiger charge is -2.23. The van der Waals surface area contributed by atoms with Gasteiger partial charge in [0.15, 0.2) is 11.6 Å². The summed E-state index contributed by atoms with van der Waals surface area (Å²) in [6, 6.07) is 0. The average molecular weight is 362 g/mol. The van der Waals surface area contributed by atoms with Gasteiger partial charge in [0.25, 0.3) is 5.91 Å². The van der Waals surface area contributed by atoms with E-state index in [1.165, 1.54) is 13.1 Å². The summed E-state index contributed by atoms with van der Waals surface area (Å²) in [6.07, 6.45) is 3.23. The van der Waals surface area contributed by atoms with Gasteiger partial charge in [0, 0.05) is 28.5 Å². The highest BCUT2D eigenvalue weighted by Crippen LogP contribution is 2.29. The fourth-order valence-electron chi connectivity index (χ4n) is 2.71. The molecule has 0 bridgehead atoms.